The summed E-state index contributed by atoms with van der Waals surface area (Å²) in [7, 11) is 0. The number of hydrogen-bond acceptors (Lipinski definition) is 4. The highest BCUT2D eigenvalue weighted by Gasteiger charge is 2.25. The number of hydrogen-bond donors (Lipinski definition) is 2. The van der Waals surface area contributed by atoms with Gasteiger partial charge in [-0.3, -0.25) is 9.62 Å². The number of rotatable bonds is 2. The Morgan fingerprint density at radius 1 is 1.63 bits per heavy atom. The van der Waals surface area contributed by atoms with E-state index in [1.54, 1.807) is 13.0 Å². The van der Waals surface area contributed by atoms with E-state index in [-0.39, 0.29) is 16.6 Å². The second kappa shape index (κ2) is 5.29. The van der Waals surface area contributed by atoms with Crippen LogP contribution in [0.4, 0.5) is 0 Å². The van der Waals surface area contributed by atoms with E-state index in [2.05, 4.69) is 5.87 Å². The Balaban J connectivity index is 2.57. The molecule has 0 saturated carbocycles. The van der Waals surface area contributed by atoms with E-state index in [4.69, 9.17) is 5.41 Å². The van der Waals surface area contributed by atoms with Gasteiger partial charge in [-0.25, -0.2) is 0 Å². The largest absolute Gasteiger partial charge is 0.768 e. The Kier molecular flexibility index (Phi) is 3.90. The maximum atomic E-state index is 11.4. The van der Waals surface area contributed by atoms with Gasteiger partial charge in [-0.2, -0.15) is 0 Å². The van der Waals surface area contributed by atoms with Crippen LogP contribution in [0, 0.1) is 18.3 Å². The molecule has 0 aromatic heterocycles. The van der Waals surface area contributed by atoms with Crippen molar-refractivity contribution < 1.29 is 13.9 Å². The molecule has 1 aliphatic carbocycles. The van der Waals surface area contributed by atoms with E-state index in [0.717, 1.165) is 29.5 Å². The van der Waals surface area contributed by atoms with Gasteiger partial charge in [0.25, 0.3) is 0 Å². The monoisotopic (exact) mass is 278 g/mol. The molecule has 0 spiro atoms. The molecule has 0 radical (unpaired) electrons. The zero-order chi connectivity index (χ0) is 14.2. The van der Waals surface area contributed by atoms with Gasteiger partial charge >= 0.3 is 0 Å². The molecule has 0 bridgehead atoms. The molecule has 102 valence electrons. The second-order valence-electron chi connectivity index (χ2n) is 4.97. The molecule has 19 heavy (non-hydrogen) atoms. The summed E-state index contributed by atoms with van der Waals surface area (Å²) in [6, 6.07) is 1.67. The van der Waals surface area contributed by atoms with Gasteiger partial charge < -0.3 is 9.66 Å². The molecule has 2 rings (SSSR count). The molecule has 2 unspecified atom stereocenters. The van der Waals surface area contributed by atoms with Gasteiger partial charge in [0, 0.05) is 10.5 Å². The molecule has 1 aromatic rings. The molecule has 0 aliphatic heterocycles. The highest BCUT2D eigenvalue weighted by Crippen LogP contribution is 2.37. The fraction of sp³-hybridized carbons (Fsp3) is 0.429. The standard InChI is InChI=1S/C14H17NO3S/c1-8(7-15)10-3-4-11-6-13(16)9(2)14(19(17)18)12(11)5-10/h6,10,15-16H,3-5H2,1-2H3,(H,17,18)/p-1. The maximum absolute atomic E-state index is 11.4. The van der Waals surface area contributed by atoms with Crippen LogP contribution in [0.3, 0.4) is 0 Å². The van der Waals surface area contributed by atoms with Crippen molar-refractivity contribution in [3.8, 4) is 5.75 Å². The smallest absolute Gasteiger partial charge is 0.119 e. The Labute approximate surface area is 115 Å². The first kappa shape index (κ1) is 14.0. The minimum Gasteiger partial charge on any atom is -0.768 e. The average Bonchev–Trinajstić information content (AvgIpc) is 2.38. The van der Waals surface area contributed by atoms with Crippen LogP contribution in [0.2, 0.25) is 0 Å². The van der Waals surface area contributed by atoms with Gasteiger partial charge in [0.1, 0.15) is 5.75 Å². The summed E-state index contributed by atoms with van der Waals surface area (Å²) >= 11 is -2.36. The van der Waals surface area contributed by atoms with Crippen molar-refractivity contribution in [3.05, 3.63) is 28.3 Å². The van der Waals surface area contributed by atoms with Gasteiger partial charge in [-0.1, -0.05) is 0 Å². The first-order valence-electron chi connectivity index (χ1n) is 6.15. The van der Waals surface area contributed by atoms with Crippen LogP contribution in [-0.4, -0.2) is 19.7 Å². The average molecular weight is 278 g/mol. The lowest BCUT2D eigenvalue weighted by molar-refractivity contribution is 0.458. The van der Waals surface area contributed by atoms with Gasteiger partial charge in [-0.15, -0.1) is 0 Å². The van der Waals surface area contributed by atoms with Crippen molar-refractivity contribution >= 4 is 17.0 Å². The van der Waals surface area contributed by atoms with E-state index in [0.29, 0.717) is 12.0 Å². The molecule has 1 aromatic carbocycles. The molecule has 4 nitrogen and oxygen atoms in total. The summed E-state index contributed by atoms with van der Waals surface area (Å²) in [5.41, 5.74) is 2.94. The van der Waals surface area contributed by atoms with Crippen LogP contribution in [-0.2, 0) is 23.9 Å². The molecule has 1 aliphatic rings. The summed E-state index contributed by atoms with van der Waals surface area (Å²) in [6.45, 7) is 3.47. The number of allylic oxidation sites excluding steroid dienone is 1. The summed E-state index contributed by atoms with van der Waals surface area (Å²) in [5, 5.41) is 17.0. The first-order valence-corrected chi connectivity index (χ1v) is 7.23. The number of phenolic OH excluding ortho intramolecular Hbond substituents is 1. The second-order valence-corrected chi connectivity index (χ2v) is 5.85. The Bertz CT molecular complexity index is 603. The van der Waals surface area contributed by atoms with E-state index >= 15 is 0 Å². The molecule has 2 N–H and O–H groups in total. The lowest BCUT2D eigenvalue weighted by atomic mass is 9.80. The fourth-order valence-electron chi connectivity index (χ4n) is 2.67. The molecule has 0 heterocycles. The normalized spacial score (nSPS) is 19.4. The summed E-state index contributed by atoms with van der Waals surface area (Å²) in [6.07, 6.45) is 2.17. The van der Waals surface area contributed by atoms with Crippen molar-refractivity contribution in [2.75, 3.05) is 0 Å². The van der Waals surface area contributed by atoms with Crippen molar-refractivity contribution in [1.82, 2.24) is 0 Å². The van der Waals surface area contributed by atoms with Crippen LogP contribution < -0.4 is 0 Å². The third kappa shape index (κ3) is 2.50. The van der Waals surface area contributed by atoms with Crippen molar-refractivity contribution in [2.24, 2.45) is 5.92 Å². The molecule has 0 saturated heterocycles. The lowest BCUT2D eigenvalue weighted by Crippen LogP contribution is -2.18. The van der Waals surface area contributed by atoms with Gasteiger partial charge in [0.2, 0.25) is 0 Å². The van der Waals surface area contributed by atoms with Gasteiger partial charge in [0.05, 0.1) is 0 Å². The first-order chi connectivity index (χ1) is 8.95. The minimum absolute atomic E-state index is 0.0377. The molecule has 0 fully saturated rings. The number of nitrogens with one attached hydrogen (secondary N) is 1. The van der Waals surface area contributed by atoms with Crippen LogP contribution in [0.25, 0.3) is 0 Å². The predicted molar refractivity (Wildman–Crippen MR) is 72.5 cm³/mol. The number of aromatic hydroxyl groups is 1. The van der Waals surface area contributed by atoms with Gasteiger partial charge in [0.15, 0.2) is 0 Å². The number of phenols is 1. The van der Waals surface area contributed by atoms with E-state index in [1.165, 1.54) is 0 Å². The summed E-state index contributed by atoms with van der Waals surface area (Å²) in [4.78, 5) is 0.220. The number of benzene rings is 1. The third-order valence-corrected chi connectivity index (χ3v) is 4.77. The van der Waals surface area contributed by atoms with Gasteiger partial charge in [-0.05, 0) is 78.7 Å². The summed E-state index contributed by atoms with van der Waals surface area (Å²) in [5.74, 6) is 2.60. The zero-order valence-corrected chi connectivity index (χ0v) is 11.8. The van der Waals surface area contributed by atoms with Crippen molar-refractivity contribution in [1.29, 1.82) is 5.41 Å². The molecule has 5 heteroatoms. The molecular formula is C14H16NO3S-. The zero-order valence-electron chi connectivity index (χ0n) is 10.9. The van der Waals surface area contributed by atoms with E-state index < -0.39 is 11.1 Å². The van der Waals surface area contributed by atoms with Crippen molar-refractivity contribution in [3.63, 3.8) is 0 Å². The quantitative estimate of drug-likeness (QED) is 0.642. The summed E-state index contributed by atoms with van der Waals surface area (Å²) < 4.78 is 22.8. The molecule has 2 atom stereocenters. The Morgan fingerprint density at radius 3 is 2.89 bits per heavy atom. The third-order valence-electron chi connectivity index (χ3n) is 3.89. The predicted octanol–water partition coefficient (Wildman–Crippen LogP) is 2.24. The topological polar surface area (TPSA) is 84.2 Å². The maximum Gasteiger partial charge on any atom is 0.119 e. The Hall–Kier alpha value is -1.42. The number of fused-ring (bicyclic) bond motifs is 1. The minimum atomic E-state index is -2.36. The molecular weight excluding hydrogens is 262 g/mol. The molecule has 0 amide bonds. The fourth-order valence-corrected chi connectivity index (χ4v) is 3.44. The SMILES string of the molecule is CC(=C=N)C1CCc2cc(O)c(C)c(S(=O)[O-])c2C1. The van der Waals surface area contributed by atoms with Crippen LogP contribution in [0.15, 0.2) is 16.5 Å². The Morgan fingerprint density at radius 2 is 2.32 bits per heavy atom. The van der Waals surface area contributed by atoms with E-state index in [9.17, 15) is 13.9 Å². The van der Waals surface area contributed by atoms with Crippen LogP contribution >= 0.6 is 0 Å². The highest BCUT2D eigenvalue weighted by molar-refractivity contribution is 7.79. The van der Waals surface area contributed by atoms with Crippen LogP contribution in [0.5, 0.6) is 5.75 Å². The highest BCUT2D eigenvalue weighted by atomic mass is 32.2. The van der Waals surface area contributed by atoms with Crippen molar-refractivity contribution in [2.45, 2.75) is 38.0 Å². The number of aryl methyl sites for hydroxylation is 1. The lowest BCUT2D eigenvalue weighted by Gasteiger charge is -2.28. The van der Waals surface area contributed by atoms with E-state index in [1.807, 2.05) is 6.92 Å². The van der Waals surface area contributed by atoms with Crippen LogP contribution in [0.1, 0.15) is 30.0 Å².